The van der Waals surface area contributed by atoms with Crippen molar-refractivity contribution in [3.05, 3.63) is 185 Å². The molecule has 198 valence electrons. The van der Waals surface area contributed by atoms with E-state index in [-0.39, 0.29) is 17.1 Å². The van der Waals surface area contributed by atoms with Crippen molar-refractivity contribution in [1.82, 2.24) is 0 Å². The van der Waals surface area contributed by atoms with E-state index in [0.29, 0.717) is 5.66 Å². The standard InChI is InChI=1S/C32H29P2.C5H5.Fe/c1-26(34(30-20-10-4-11-21-30)31-22-12-5-13-23-31)32-24-14-15-27(32)25-33(28-16-6-2-7-17-28)29-18-8-3-9-19-29;1-2-4-5-3-1;/h2-24,26H,25H2,1H3;1-5H;/q;;+2/t26-;;/m1../s1. The maximum absolute atomic E-state index is 2.43. The number of rotatable bonds is 8. The molecule has 0 N–H and O–H groups in total. The summed E-state index contributed by atoms with van der Waals surface area (Å²) in [6.45, 7) is 2.43. The first-order chi connectivity index (χ1) is 19.3. The van der Waals surface area contributed by atoms with E-state index in [9.17, 15) is 0 Å². The average molecular weight is 596 g/mol. The largest absolute Gasteiger partial charge is 2.00 e. The summed E-state index contributed by atoms with van der Waals surface area (Å²) in [5.74, 6) is 2.99. The number of benzene rings is 4. The summed E-state index contributed by atoms with van der Waals surface area (Å²) in [4.78, 5) is 0. The van der Waals surface area contributed by atoms with Gasteiger partial charge in [0, 0.05) is 0 Å². The van der Waals surface area contributed by atoms with E-state index >= 15 is 0 Å². The molecule has 0 spiro atoms. The van der Waals surface area contributed by atoms with Crippen LogP contribution in [0.1, 0.15) is 6.92 Å². The van der Waals surface area contributed by atoms with Gasteiger partial charge in [0.1, 0.15) is 0 Å². The maximum Gasteiger partial charge on any atom is 2.00 e. The zero-order valence-electron chi connectivity index (χ0n) is 22.7. The molecular weight excluding hydrogens is 562 g/mol. The maximum atomic E-state index is 2.43. The number of hydrogen-bond donors (Lipinski definition) is 0. The Hall–Kier alpha value is -1.74. The predicted molar refractivity (Wildman–Crippen MR) is 173 cm³/mol. The molecular formula is C37H34FeP2+2. The second-order valence-corrected chi connectivity index (χ2v) is 14.2. The Morgan fingerprint density at radius 1 is 0.475 bits per heavy atom. The van der Waals surface area contributed by atoms with Gasteiger partial charge in [0.05, 0.1) is 0 Å². The number of hydrogen-bond acceptors (Lipinski definition) is 0. The molecule has 40 heavy (non-hydrogen) atoms. The zero-order chi connectivity index (χ0) is 26.7. The van der Waals surface area contributed by atoms with Gasteiger partial charge in [-0.15, -0.1) is 0 Å². The van der Waals surface area contributed by atoms with Gasteiger partial charge >= 0.3 is 17.1 Å². The first-order valence-corrected chi connectivity index (χ1v) is 16.4. The molecule has 2 aliphatic carbocycles. The summed E-state index contributed by atoms with van der Waals surface area (Å²) in [7, 11) is -0.968. The van der Waals surface area contributed by atoms with Crippen molar-refractivity contribution in [1.29, 1.82) is 0 Å². The molecule has 2 aliphatic rings. The van der Waals surface area contributed by atoms with Crippen LogP contribution in [-0.2, 0) is 17.1 Å². The van der Waals surface area contributed by atoms with Crippen molar-refractivity contribution in [3.8, 4) is 0 Å². The molecule has 10 radical (unpaired) electrons. The normalized spacial score (nSPS) is 16.4. The van der Waals surface area contributed by atoms with Crippen LogP contribution in [0, 0.1) is 63.2 Å². The summed E-state index contributed by atoms with van der Waals surface area (Å²) in [6, 6.07) is 44.3. The van der Waals surface area contributed by atoms with Crippen LogP contribution < -0.4 is 21.2 Å². The van der Waals surface area contributed by atoms with Gasteiger partial charge in [-0.25, -0.2) is 0 Å². The van der Waals surface area contributed by atoms with Crippen molar-refractivity contribution in [2.24, 2.45) is 0 Å². The van der Waals surface area contributed by atoms with E-state index in [1.165, 1.54) is 33.1 Å². The molecule has 0 aliphatic heterocycles. The van der Waals surface area contributed by atoms with Gasteiger partial charge in [-0.05, 0) is 112 Å². The molecule has 0 heterocycles. The molecule has 0 nitrogen and oxygen atoms in total. The van der Waals surface area contributed by atoms with Crippen LogP contribution >= 0.6 is 15.8 Å². The topological polar surface area (TPSA) is 0 Å². The molecule has 0 amide bonds. The fourth-order valence-corrected chi connectivity index (χ4v) is 10.0. The monoisotopic (exact) mass is 596 g/mol. The van der Waals surface area contributed by atoms with E-state index in [1.54, 1.807) is 0 Å². The Morgan fingerprint density at radius 3 is 1.25 bits per heavy atom. The van der Waals surface area contributed by atoms with Crippen molar-refractivity contribution in [3.63, 3.8) is 0 Å². The first-order valence-electron chi connectivity index (χ1n) is 13.5. The third-order valence-electron chi connectivity index (χ3n) is 6.87. The average Bonchev–Trinajstić information content (AvgIpc) is 3.74. The second-order valence-electron chi connectivity index (χ2n) is 9.44. The predicted octanol–water partition coefficient (Wildman–Crippen LogP) is 7.44. The van der Waals surface area contributed by atoms with Crippen LogP contribution in [0.3, 0.4) is 0 Å². The third kappa shape index (κ3) is 8.40. The van der Waals surface area contributed by atoms with Gasteiger partial charge < -0.3 is 0 Å². The molecule has 2 saturated carbocycles. The van der Waals surface area contributed by atoms with Crippen LogP contribution in [0.5, 0.6) is 0 Å². The first kappa shape index (κ1) is 31.2. The van der Waals surface area contributed by atoms with Crippen molar-refractivity contribution < 1.29 is 17.1 Å². The molecule has 6 rings (SSSR count). The van der Waals surface area contributed by atoms with Gasteiger partial charge in [-0.2, -0.15) is 0 Å². The molecule has 0 aromatic heterocycles. The van der Waals surface area contributed by atoms with Crippen LogP contribution in [-0.4, -0.2) is 11.8 Å². The van der Waals surface area contributed by atoms with Gasteiger partial charge in [0.15, 0.2) is 0 Å². The van der Waals surface area contributed by atoms with Crippen molar-refractivity contribution >= 4 is 37.1 Å². The van der Waals surface area contributed by atoms with E-state index in [0.717, 1.165) is 6.16 Å². The SMILES string of the molecule is C[C@H]([C]1[CH][CH][CH][C]1CP(c1ccccc1)c1ccccc1)P(c1ccccc1)c1ccccc1.[CH]1[CH][CH][CH][CH]1.[Fe+2]. The van der Waals surface area contributed by atoms with Gasteiger partial charge in [-0.3, -0.25) is 0 Å². The zero-order valence-corrected chi connectivity index (χ0v) is 25.6. The summed E-state index contributed by atoms with van der Waals surface area (Å²) in [5.41, 5.74) is 0.438. The van der Waals surface area contributed by atoms with E-state index in [4.69, 9.17) is 0 Å². The third-order valence-corrected chi connectivity index (χ3v) is 12.1. The Bertz CT molecular complexity index is 1130. The van der Waals surface area contributed by atoms with Crippen LogP contribution in [0.2, 0.25) is 0 Å². The fraction of sp³-hybridized carbons (Fsp3) is 0.0811. The Kier molecular flexibility index (Phi) is 13.0. The fourth-order valence-electron chi connectivity index (χ4n) is 4.97. The molecule has 3 heteroatoms. The molecule has 0 unspecified atom stereocenters. The van der Waals surface area contributed by atoms with Crippen LogP contribution in [0.4, 0.5) is 0 Å². The summed E-state index contributed by atoms with van der Waals surface area (Å²) >= 11 is 0. The molecule has 0 saturated heterocycles. The van der Waals surface area contributed by atoms with Gasteiger partial charge in [0.25, 0.3) is 0 Å². The molecule has 4 aromatic carbocycles. The van der Waals surface area contributed by atoms with Gasteiger partial charge in [0.2, 0.25) is 0 Å². The van der Waals surface area contributed by atoms with Crippen LogP contribution in [0.25, 0.3) is 0 Å². The minimum atomic E-state index is -0.505. The molecule has 2 fully saturated rings. The van der Waals surface area contributed by atoms with Gasteiger partial charge in [-0.1, -0.05) is 128 Å². The molecule has 1 atom stereocenters. The summed E-state index contributed by atoms with van der Waals surface area (Å²) < 4.78 is 0. The van der Waals surface area contributed by atoms with Crippen LogP contribution in [0.15, 0.2) is 121 Å². The molecule has 0 bridgehead atoms. The summed E-state index contributed by atoms with van der Waals surface area (Å²) in [6.07, 6.45) is 18.1. The molecule has 4 aromatic rings. The summed E-state index contributed by atoms with van der Waals surface area (Å²) in [5, 5.41) is 5.77. The van der Waals surface area contributed by atoms with Crippen molar-refractivity contribution in [2.45, 2.75) is 12.6 Å². The Labute approximate surface area is 256 Å². The van der Waals surface area contributed by atoms with Crippen molar-refractivity contribution in [2.75, 3.05) is 6.16 Å². The minimum absolute atomic E-state index is 0. The van der Waals surface area contributed by atoms with E-state index < -0.39 is 15.8 Å². The second kappa shape index (κ2) is 16.6. The smallest absolute Gasteiger partial charge is 0.0622 e. The Balaban J connectivity index is 0.000000557. The Morgan fingerprint density at radius 2 is 0.850 bits per heavy atom. The van der Waals surface area contributed by atoms with E-state index in [1.807, 2.05) is 32.1 Å². The minimum Gasteiger partial charge on any atom is -0.0622 e. The van der Waals surface area contributed by atoms with E-state index in [2.05, 4.69) is 148 Å². The quantitative estimate of drug-likeness (QED) is 0.147.